The first-order valence-corrected chi connectivity index (χ1v) is 8.27. The van der Waals surface area contributed by atoms with Gasteiger partial charge in [-0.05, 0) is 46.3 Å². The van der Waals surface area contributed by atoms with Gasteiger partial charge in [0.15, 0.2) is 0 Å². The average molecular weight is 413 g/mol. The van der Waals surface area contributed by atoms with E-state index in [0.717, 1.165) is 26.3 Å². The van der Waals surface area contributed by atoms with E-state index < -0.39 is 0 Å². The normalized spacial score (nSPS) is 10.8. The first-order valence-electron chi connectivity index (χ1n) is 5.80. The molecule has 0 N–H and O–H groups in total. The van der Waals surface area contributed by atoms with Crippen LogP contribution in [0.2, 0.25) is 0 Å². The Hall–Kier alpha value is -1.04. The molecule has 0 radical (unpaired) electrons. The molecule has 1 heterocycles. The molecule has 0 unspecified atom stereocenters. The van der Waals surface area contributed by atoms with Crippen LogP contribution in [0.25, 0.3) is 21.8 Å². The van der Waals surface area contributed by atoms with E-state index >= 15 is 0 Å². The fraction of sp³-hybridized carbons (Fsp3) is 0. The fourth-order valence-corrected chi connectivity index (χ4v) is 3.62. The van der Waals surface area contributed by atoms with E-state index in [1.807, 2.05) is 29.6 Å². The Morgan fingerprint density at radius 3 is 2.65 bits per heavy atom. The summed E-state index contributed by atoms with van der Waals surface area (Å²) in [6.07, 6.45) is 0. The summed E-state index contributed by atoms with van der Waals surface area (Å²) < 4.78 is 14.9. The van der Waals surface area contributed by atoms with Crippen molar-refractivity contribution in [3.8, 4) is 21.8 Å². The van der Waals surface area contributed by atoms with Gasteiger partial charge in [0.2, 0.25) is 0 Å². The molecule has 0 saturated carbocycles. The number of halogens is 3. The van der Waals surface area contributed by atoms with Crippen LogP contribution in [-0.2, 0) is 0 Å². The summed E-state index contributed by atoms with van der Waals surface area (Å²) in [7, 11) is 0. The van der Waals surface area contributed by atoms with Gasteiger partial charge in [0.1, 0.15) is 10.8 Å². The minimum atomic E-state index is -0.261. The largest absolute Gasteiger partial charge is 0.236 e. The van der Waals surface area contributed by atoms with E-state index in [-0.39, 0.29) is 5.82 Å². The number of hydrogen-bond donors (Lipinski definition) is 0. The maximum atomic E-state index is 13.1. The molecule has 1 aromatic heterocycles. The lowest BCUT2D eigenvalue weighted by Gasteiger charge is -2.01. The first-order chi connectivity index (χ1) is 9.63. The Balaban J connectivity index is 2.02. The summed E-state index contributed by atoms with van der Waals surface area (Å²) in [5, 5.41) is 2.92. The highest BCUT2D eigenvalue weighted by Crippen LogP contribution is 2.33. The lowest BCUT2D eigenvalue weighted by molar-refractivity contribution is 0.627. The van der Waals surface area contributed by atoms with Gasteiger partial charge in [-0.3, -0.25) is 0 Å². The molecule has 0 amide bonds. The van der Waals surface area contributed by atoms with Crippen LogP contribution in [0, 0.1) is 5.82 Å². The molecule has 5 heteroatoms. The highest BCUT2D eigenvalue weighted by molar-refractivity contribution is 9.10. The van der Waals surface area contributed by atoms with Crippen LogP contribution >= 0.6 is 43.2 Å². The molecule has 20 heavy (non-hydrogen) atoms. The Morgan fingerprint density at radius 1 is 1.05 bits per heavy atom. The number of hydrogen-bond acceptors (Lipinski definition) is 2. The van der Waals surface area contributed by atoms with Crippen molar-refractivity contribution < 1.29 is 4.39 Å². The van der Waals surface area contributed by atoms with Gasteiger partial charge < -0.3 is 0 Å². The second-order valence-corrected chi connectivity index (χ2v) is 6.80. The molecule has 0 aliphatic heterocycles. The summed E-state index contributed by atoms with van der Waals surface area (Å²) >= 11 is 8.41. The Bertz CT molecular complexity index is 770. The van der Waals surface area contributed by atoms with Gasteiger partial charge in [-0.1, -0.05) is 28.1 Å². The third kappa shape index (κ3) is 2.85. The van der Waals surface area contributed by atoms with Crippen molar-refractivity contribution in [2.75, 3.05) is 0 Å². The van der Waals surface area contributed by atoms with Gasteiger partial charge >= 0.3 is 0 Å². The summed E-state index contributed by atoms with van der Waals surface area (Å²) in [5.41, 5.74) is 2.80. The lowest BCUT2D eigenvalue weighted by atomic mass is 10.2. The third-order valence-electron chi connectivity index (χ3n) is 2.78. The van der Waals surface area contributed by atoms with Crippen molar-refractivity contribution in [3.63, 3.8) is 0 Å². The molecule has 0 aliphatic rings. The molecular weight excluding hydrogens is 405 g/mol. The molecule has 0 saturated heterocycles. The zero-order valence-corrected chi connectivity index (χ0v) is 14.1. The van der Waals surface area contributed by atoms with Crippen molar-refractivity contribution in [3.05, 3.63) is 62.6 Å². The lowest BCUT2D eigenvalue weighted by Crippen LogP contribution is -1.83. The highest BCUT2D eigenvalue weighted by Gasteiger charge is 2.10. The molecule has 0 aliphatic carbocycles. The number of benzene rings is 2. The van der Waals surface area contributed by atoms with E-state index in [1.165, 1.54) is 12.1 Å². The summed E-state index contributed by atoms with van der Waals surface area (Å²) in [6.45, 7) is 0. The quantitative estimate of drug-likeness (QED) is 0.492. The van der Waals surface area contributed by atoms with Crippen LogP contribution < -0.4 is 0 Å². The highest BCUT2D eigenvalue weighted by atomic mass is 79.9. The van der Waals surface area contributed by atoms with Gasteiger partial charge in [-0.15, -0.1) is 11.3 Å². The fourth-order valence-electron chi connectivity index (χ4n) is 1.85. The monoisotopic (exact) mass is 411 g/mol. The van der Waals surface area contributed by atoms with Gasteiger partial charge in [-0.25, -0.2) is 9.37 Å². The maximum absolute atomic E-state index is 13.1. The number of thiazole rings is 1. The Labute approximate surface area is 136 Å². The zero-order chi connectivity index (χ0) is 14.1. The zero-order valence-electron chi connectivity index (χ0n) is 10.1. The number of rotatable bonds is 2. The van der Waals surface area contributed by atoms with Crippen molar-refractivity contribution in [1.29, 1.82) is 0 Å². The van der Waals surface area contributed by atoms with Crippen molar-refractivity contribution >= 4 is 43.2 Å². The Kier molecular flexibility index (Phi) is 4.01. The molecule has 1 nitrogen and oxygen atoms in total. The predicted octanol–water partition coefficient (Wildman–Crippen LogP) is 6.14. The number of aromatic nitrogens is 1. The minimum Gasteiger partial charge on any atom is -0.236 e. The minimum absolute atomic E-state index is 0.261. The van der Waals surface area contributed by atoms with Crippen LogP contribution in [0.1, 0.15) is 0 Å². The second-order valence-electron chi connectivity index (χ2n) is 4.17. The van der Waals surface area contributed by atoms with Crippen molar-refractivity contribution in [1.82, 2.24) is 4.98 Å². The molecule has 100 valence electrons. The molecule has 0 fully saturated rings. The standard InChI is InChI=1S/C15H8Br2FNS/c16-10-3-1-2-9(6-10)15-19-14(8-20-15)12-5-4-11(18)7-13(12)17/h1-8H. The van der Waals surface area contributed by atoms with Crippen LogP contribution in [0.4, 0.5) is 4.39 Å². The molecular formula is C15H8Br2FNS. The molecule has 2 aromatic carbocycles. The van der Waals surface area contributed by atoms with E-state index in [2.05, 4.69) is 36.8 Å². The van der Waals surface area contributed by atoms with Gasteiger partial charge in [0.25, 0.3) is 0 Å². The molecule has 0 atom stereocenters. The predicted molar refractivity (Wildman–Crippen MR) is 88.3 cm³/mol. The maximum Gasteiger partial charge on any atom is 0.124 e. The Morgan fingerprint density at radius 2 is 1.90 bits per heavy atom. The summed E-state index contributed by atoms with van der Waals surface area (Å²) in [4.78, 5) is 4.63. The second kappa shape index (κ2) is 5.76. The SMILES string of the molecule is Fc1ccc(-c2csc(-c3cccc(Br)c3)n2)c(Br)c1. The van der Waals surface area contributed by atoms with Crippen molar-refractivity contribution in [2.24, 2.45) is 0 Å². The van der Waals surface area contributed by atoms with E-state index in [4.69, 9.17) is 0 Å². The van der Waals surface area contributed by atoms with Crippen molar-refractivity contribution in [2.45, 2.75) is 0 Å². The van der Waals surface area contributed by atoms with Gasteiger partial charge in [0, 0.05) is 25.5 Å². The molecule has 3 aromatic rings. The van der Waals surface area contributed by atoms with Crippen LogP contribution in [0.5, 0.6) is 0 Å². The smallest absolute Gasteiger partial charge is 0.124 e. The van der Waals surface area contributed by atoms with E-state index in [9.17, 15) is 4.39 Å². The third-order valence-corrected chi connectivity index (χ3v) is 4.82. The van der Waals surface area contributed by atoms with Crippen LogP contribution in [0.15, 0.2) is 56.8 Å². The first kappa shape index (κ1) is 13.9. The van der Waals surface area contributed by atoms with Gasteiger partial charge in [0.05, 0.1) is 5.69 Å². The topological polar surface area (TPSA) is 12.9 Å². The molecule has 3 rings (SSSR count). The summed E-state index contributed by atoms with van der Waals surface area (Å²) in [6, 6.07) is 12.6. The average Bonchev–Trinajstić information content (AvgIpc) is 2.88. The van der Waals surface area contributed by atoms with E-state index in [1.54, 1.807) is 17.4 Å². The van der Waals surface area contributed by atoms with Crippen LogP contribution in [0.3, 0.4) is 0 Å². The molecule has 0 bridgehead atoms. The van der Waals surface area contributed by atoms with Gasteiger partial charge in [-0.2, -0.15) is 0 Å². The number of nitrogens with zero attached hydrogens (tertiary/aromatic N) is 1. The molecule has 0 spiro atoms. The summed E-state index contributed by atoms with van der Waals surface area (Å²) in [5.74, 6) is -0.261. The van der Waals surface area contributed by atoms with Crippen LogP contribution in [-0.4, -0.2) is 4.98 Å². The van der Waals surface area contributed by atoms with E-state index in [0.29, 0.717) is 4.47 Å².